The summed E-state index contributed by atoms with van der Waals surface area (Å²) >= 11 is 0. The smallest absolute Gasteiger partial charge is 0.0944 e. The topological polar surface area (TPSA) is 23.8 Å². The van der Waals surface area contributed by atoms with Gasteiger partial charge in [0.2, 0.25) is 0 Å². The van der Waals surface area contributed by atoms with Gasteiger partial charge < -0.3 is 0 Å². The highest BCUT2D eigenvalue weighted by Crippen LogP contribution is 2.59. The molecule has 0 saturated heterocycles. The fourth-order valence-electron chi connectivity index (χ4n) is 3.43. The minimum atomic E-state index is 0.462. The molecule has 0 N–H and O–H groups in total. The lowest BCUT2D eigenvalue weighted by Crippen LogP contribution is -2.40. The Morgan fingerprint density at radius 3 is 2.00 bits per heavy atom. The first-order valence-corrected chi connectivity index (χ1v) is 6.76. The zero-order chi connectivity index (χ0) is 12.5. The number of fused-ring (bicyclic) bond motifs is 3. The highest BCUT2D eigenvalue weighted by atomic mass is 14.5. The van der Waals surface area contributed by atoms with Crippen LogP contribution in [0.4, 0.5) is 0 Å². The minimum Gasteiger partial charge on any atom is -0.193 e. The van der Waals surface area contributed by atoms with Crippen LogP contribution in [0.15, 0.2) is 23.3 Å². The molecule has 0 amide bonds. The highest BCUT2D eigenvalue weighted by Gasteiger charge is 2.46. The van der Waals surface area contributed by atoms with Crippen LogP contribution in [0, 0.1) is 22.2 Å². The molecule has 0 aromatic heterocycles. The minimum absolute atomic E-state index is 0.462. The Morgan fingerprint density at radius 1 is 1.00 bits per heavy atom. The van der Waals surface area contributed by atoms with E-state index in [0.717, 1.165) is 5.57 Å². The number of hydrogen-bond acceptors (Lipinski definition) is 1. The van der Waals surface area contributed by atoms with Crippen LogP contribution in [0.1, 0.15) is 59.3 Å². The number of nitrogens with zero attached hydrogens (tertiary/aromatic N) is 1. The molecule has 3 aliphatic carbocycles. The lowest BCUT2D eigenvalue weighted by molar-refractivity contribution is 0.0284. The van der Waals surface area contributed by atoms with Gasteiger partial charge in [-0.15, -0.1) is 0 Å². The number of hydrogen-bond donors (Lipinski definition) is 0. The first-order chi connectivity index (χ1) is 8.00. The molecule has 0 heterocycles. The maximum absolute atomic E-state index is 8.77. The van der Waals surface area contributed by atoms with Crippen LogP contribution in [-0.4, -0.2) is 0 Å². The van der Waals surface area contributed by atoms with Crippen LogP contribution in [-0.2, 0) is 0 Å². The van der Waals surface area contributed by atoms with Crippen LogP contribution in [0.3, 0.4) is 0 Å². The number of nitriles is 1. The standard InChI is InChI=1S/C16H23N/c1-13(12-17)4-5-14(2)16-9-6-15(3,7-10-16)8-11-16/h4-5H,6-11H2,1-3H3/b13-4+,14-5+. The maximum Gasteiger partial charge on any atom is 0.0944 e. The molecule has 0 aromatic rings. The summed E-state index contributed by atoms with van der Waals surface area (Å²) in [6, 6.07) is 2.19. The van der Waals surface area contributed by atoms with Gasteiger partial charge in [0.15, 0.2) is 0 Å². The molecule has 3 saturated carbocycles. The van der Waals surface area contributed by atoms with E-state index in [-0.39, 0.29) is 0 Å². The van der Waals surface area contributed by atoms with Gasteiger partial charge in [-0.05, 0) is 69.3 Å². The number of rotatable bonds is 2. The summed E-state index contributed by atoms with van der Waals surface area (Å²) in [6.07, 6.45) is 12.4. The van der Waals surface area contributed by atoms with E-state index < -0.39 is 0 Å². The van der Waals surface area contributed by atoms with E-state index in [0.29, 0.717) is 10.8 Å². The predicted octanol–water partition coefficient (Wildman–Crippen LogP) is 4.76. The van der Waals surface area contributed by atoms with Gasteiger partial charge in [-0.2, -0.15) is 5.26 Å². The molecule has 0 radical (unpaired) electrons. The van der Waals surface area contributed by atoms with E-state index in [1.807, 2.05) is 13.0 Å². The normalized spacial score (nSPS) is 38.0. The van der Waals surface area contributed by atoms with Crippen molar-refractivity contribution in [1.82, 2.24) is 0 Å². The third kappa shape index (κ3) is 2.32. The Bertz CT molecular complexity index is 381. The predicted molar refractivity (Wildman–Crippen MR) is 71.4 cm³/mol. The van der Waals surface area contributed by atoms with Crippen molar-refractivity contribution in [2.24, 2.45) is 10.8 Å². The van der Waals surface area contributed by atoms with Crippen LogP contribution in [0.5, 0.6) is 0 Å². The van der Waals surface area contributed by atoms with Gasteiger partial charge in [-0.25, -0.2) is 0 Å². The molecule has 0 aromatic carbocycles. The van der Waals surface area contributed by atoms with Gasteiger partial charge >= 0.3 is 0 Å². The lowest BCUT2D eigenvalue weighted by Gasteiger charge is -2.53. The average Bonchev–Trinajstić information content (AvgIpc) is 2.36. The third-order valence-corrected chi connectivity index (χ3v) is 5.22. The summed E-state index contributed by atoms with van der Waals surface area (Å²) in [5.74, 6) is 0. The van der Waals surface area contributed by atoms with Gasteiger partial charge in [0.05, 0.1) is 6.07 Å². The summed E-state index contributed by atoms with van der Waals surface area (Å²) in [6.45, 7) is 6.59. The number of allylic oxidation sites excluding steroid dienone is 4. The first-order valence-electron chi connectivity index (χ1n) is 6.76. The zero-order valence-corrected chi connectivity index (χ0v) is 11.3. The molecule has 2 bridgehead atoms. The molecule has 0 spiro atoms. The molecule has 3 aliphatic rings. The molecule has 1 heteroatoms. The van der Waals surface area contributed by atoms with E-state index >= 15 is 0 Å². The third-order valence-electron chi connectivity index (χ3n) is 5.22. The van der Waals surface area contributed by atoms with E-state index in [2.05, 4.69) is 26.0 Å². The monoisotopic (exact) mass is 229 g/mol. The fourth-order valence-corrected chi connectivity index (χ4v) is 3.43. The first kappa shape index (κ1) is 12.4. The van der Waals surface area contributed by atoms with Crippen LogP contribution >= 0.6 is 0 Å². The molecule has 1 nitrogen and oxygen atoms in total. The summed E-state index contributed by atoms with van der Waals surface area (Å²) in [5.41, 5.74) is 3.40. The molecule has 17 heavy (non-hydrogen) atoms. The molecule has 92 valence electrons. The van der Waals surface area contributed by atoms with Crippen LogP contribution < -0.4 is 0 Å². The largest absolute Gasteiger partial charge is 0.193 e. The van der Waals surface area contributed by atoms with Crippen molar-refractivity contribution in [2.75, 3.05) is 0 Å². The van der Waals surface area contributed by atoms with Crippen molar-refractivity contribution < 1.29 is 0 Å². The van der Waals surface area contributed by atoms with Crippen LogP contribution in [0.25, 0.3) is 0 Å². The second-order valence-electron chi connectivity index (χ2n) is 6.40. The molecular formula is C16H23N. The summed E-state index contributed by atoms with van der Waals surface area (Å²) in [4.78, 5) is 0. The van der Waals surface area contributed by atoms with Crippen molar-refractivity contribution in [3.05, 3.63) is 23.3 Å². The van der Waals surface area contributed by atoms with E-state index in [4.69, 9.17) is 5.26 Å². The van der Waals surface area contributed by atoms with Crippen molar-refractivity contribution in [3.8, 4) is 6.07 Å². The van der Waals surface area contributed by atoms with Crippen molar-refractivity contribution in [2.45, 2.75) is 59.3 Å². The Morgan fingerprint density at radius 2 is 1.53 bits per heavy atom. The Hall–Kier alpha value is -1.03. The van der Waals surface area contributed by atoms with Crippen LogP contribution in [0.2, 0.25) is 0 Å². The van der Waals surface area contributed by atoms with Gasteiger partial charge in [0, 0.05) is 5.57 Å². The highest BCUT2D eigenvalue weighted by molar-refractivity contribution is 5.28. The van der Waals surface area contributed by atoms with Gasteiger partial charge in [0.1, 0.15) is 0 Å². The van der Waals surface area contributed by atoms with Gasteiger partial charge in [-0.1, -0.05) is 18.6 Å². The van der Waals surface area contributed by atoms with Crippen molar-refractivity contribution >= 4 is 0 Å². The van der Waals surface area contributed by atoms with E-state index in [1.165, 1.54) is 44.1 Å². The summed E-state index contributed by atoms with van der Waals surface area (Å²) < 4.78 is 0. The Balaban J connectivity index is 2.15. The molecule has 0 unspecified atom stereocenters. The quantitative estimate of drug-likeness (QED) is 0.494. The summed E-state index contributed by atoms with van der Waals surface area (Å²) in [5, 5.41) is 8.77. The molecular weight excluding hydrogens is 206 g/mol. The SMILES string of the molecule is C/C(C#N)=C\C=C(/C)C12CCC(C)(CC1)CC2. The average molecular weight is 229 g/mol. The second-order valence-corrected chi connectivity index (χ2v) is 6.40. The van der Waals surface area contributed by atoms with Crippen molar-refractivity contribution in [3.63, 3.8) is 0 Å². The molecule has 3 fully saturated rings. The molecule has 0 aliphatic heterocycles. The van der Waals surface area contributed by atoms with Crippen molar-refractivity contribution in [1.29, 1.82) is 5.26 Å². The molecule has 3 rings (SSSR count). The van der Waals surface area contributed by atoms with Gasteiger partial charge in [0.25, 0.3) is 0 Å². The zero-order valence-electron chi connectivity index (χ0n) is 11.3. The maximum atomic E-state index is 8.77. The fraction of sp³-hybridized carbons (Fsp3) is 0.688. The molecule has 0 atom stereocenters. The second kappa shape index (κ2) is 4.33. The van der Waals surface area contributed by atoms with E-state index in [1.54, 1.807) is 0 Å². The lowest BCUT2D eigenvalue weighted by atomic mass is 9.52. The van der Waals surface area contributed by atoms with Gasteiger partial charge in [-0.3, -0.25) is 0 Å². The Labute approximate surface area is 105 Å². The summed E-state index contributed by atoms with van der Waals surface area (Å²) in [7, 11) is 0. The Kier molecular flexibility index (Phi) is 3.17. The van der Waals surface area contributed by atoms with E-state index in [9.17, 15) is 0 Å².